The van der Waals surface area contributed by atoms with Crippen molar-refractivity contribution >= 4 is 8.80 Å². The van der Waals surface area contributed by atoms with Crippen LogP contribution in [0, 0.1) is 39.9 Å². The first-order chi connectivity index (χ1) is 5.24. The van der Waals surface area contributed by atoms with E-state index in [-0.39, 0.29) is 39.9 Å². The van der Waals surface area contributed by atoms with Crippen molar-refractivity contribution in [3.05, 3.63) is 0 Å². The van der Waals surface area contributed by atoms with E-state index in [9.17, 15) is 0 Å². The summed E-state index contributed by atoms with van der Waals surface area (Å²) in [5.41, 5.74) is 5.36. The second-order valence-electron chi connectivity index (χ2n) is 2.19. The summed E-state index contributed by atoms with van der Waals surface area (Å²) in [6.45, 7) is 0.644. The van der Waals surface area contributed by atoms with Gasteiger partial charge in [0.05, 0.1) is 0 Å². The van der Waals surface area contributed by atoms with Crippen LogP contribution in [0.25, 0.3) is 0 Å². The molecule has 4 nitrogen and oxygen atoms in total. The molecule has 0 spiro atoms. The Kier molecular flexibility index (Phi) is 11.8. The van der Waals surface area contributed by atoms with E-state index in [1.165, 1.54) is 0 Å². The number of hydrogen-bond acceptors (Lipinski definition) is 4. The first-order valence-electron chi connectivity index (χ1n) is 3.60. The molecule has 0 fully saturated rings. The average molecular weight is 337 g/mol. The summed E-state index contributed by atoms with van der Waals surface area (Å²) in [5, 5.41) is 0. The van der Waals surface area contributed by atoms with Gasteiger partial charge in [0.15, 0.2) is 0 Å². The molecule has 0 rings (SSSR count). The van der Waals surface area contributed by atoms with E-state index in [2.05, 4.69) is 0 Å². The van der Waals surface area contributed by atoms with Crippen molar-refractivity contribution in [1.29, 1.82) is 0 Å². The van der Waals surface area contributed by atoms with E-state index in [4.69, 9.17) is 19.0 Å². The minimum atomic E-state index is -2.32. The monoisotopic (exact) mass is 337 g/mol. The topological polar surface area (TPSA) is 53.7 Å². The number of rotatable bonds is 6. The zero-order chi connectivity index (χ0) is 8.74. The molecular formula is C6H17GdNO3Si. The molecule has 0 aliphatic carbocycles. The van der Waals surface area contributed by atoms with Gasteiger partial charge < -0.3 is 19.0 Å². The Hall–Kier alpha value is 1.38. The van der Waals surface area contributed by atoms with Gasteiger partial charge in [-0.2, -0.15) is 0 Å². The molecule has 76 valence electrons. The predicted octanol–water partition coefficient (Wildman–Crippen LogP) is 0.213. The smallest absolute Gasteiger partial charge is 0.377 e. The van der Waals surface area contributed by atoms with Crippen molar-refractivity contribution in [2.45, 2.75) is 12.5 Å². The predicted molar refractivity (Wildman–Crippen MR) is 45.3 cm³/mol. The largest absolute Gasteiger partial charge is 0.500 e. The van der Waals surface area contributed by atoms with Crippen LogP contribution in [-0.4, -0.2) is 36.7 Å². The van der Waals surface area contributed by atoms with Gasteiger partial charge in [-0.3, -0.25) is 0 Å². The van der Waals surface area contributed by atoms with Gasteiger partial charge in [-0.05, 0) is 13.0 Å². The van der Waals surface area contributed by atoms with Gasteiger partial charge in [0.25, 0.3) is 0 Å². The van der Waals surface area contributed by atoms with Crippen LogP contribution >= 0.6 is 0 Å². The molecule has 0 heterocycles. The third kappa shape index (κ3) is 5.18. The summed E-state index contributed by atoms with van der Waals surface area (Å²) in [6.07, 6.45) is 0.877. The molecule has 0 aliphatic rings. The van der Waals surface area contributed by atoms with Gasteiger partial charge >= 0.3 is 8.80 Å². The van der Waals surface area contributed by atoms with E-state index in [1.807, 2.05) is 0 Å². The molecule has 0 aromatic rings. The molecule has 0 atom stereocenters. The fraction of sp³-hybridized carbons (Fsp3) is 1.00. The quantitative estimate of drug-likeness (QED) is 0.705. The van der Waals surface area contributed by atoms with E-state index < -0.39 is 8.80 Å². The number of nitrogens with two attached hydrogens (primary N) is 1. The Bertz CT molecular complexity index is 94.5. The summed E-state index contributed by atoms with van der Waals surface area (Å²) in [5.74, 6) is 0. The summed E-state index contributed by atoms with van der Waals surface area (Å²) in [6, 6.07) is 0.785. The van der Waals surface area contributed by atoms with Crippen LogP contribution in [0.2, 0.25) is 6.04 Å². The van der Waals surface area contributed by atoms with E-state index in [1.54, 1.807) is 21.3 Å². The van der Waals surface area contributed by atoms with Crippen LogP contribution in [0.3, 0.4) is 0 Å². The Morgan fingerprint density at radius 2 is 1.50 bits per heavy atom. The molecule has 6 heteroatoms. The molecule has 2 N–H and O–H groups in total. The van der Waals surface area contributed by atoms with Crippen molar-refractivity contribution in [2.75, 3.05) is 27.9 Å². The Labute approximate surface area is 107 Å². The van der Waals surface area contributed by atoms with Gasteiger partial charge in [-0.25, -0.2) is 0 Å². The van der Waals surface area contributed by atoms with Crippen molar-refractivity contribution in [1.82, 2.24) is 0 Å². The Morgan fingerprint density at radius 1 is 1.08 bits per heavy atom. The van der Waals surface area contributed by atoms with Crippen LogP contribution in [-0.2, 0) is 13.3 Å². The Morgan fingerprint density at radius 3 is 1.75 bits per heavy atom. The van der Waals surface area contributed by atoms with Crippen LogP contribution in [0.5, 0.6) is 0 Å². The van der Waals surface area contributed by atoms with Crippen LogP contribution < -0.4 is 5.73 Å². The molecule has 0 radical (unpaired) electrons. The minimum absolute atomic E-state index is 0. The van der Waals surface area contributed by atoms with Crippen molar-refractivity contribution in [3.8, 4) is 0 Å². The number of hydrogen-bond donors (Lipinski definition) is 1. The molecule has 0 aliphatic heterocycles. The molecule has 0 amide bonds. The summed E-state index contributed by atoms with van der Waals surface area (Å²) < 4.78 is 15.5. The van der Waals surface area contributed by atoms with Gasteiger partial charge in [0.2, 0.25) is 0 Å². The first-order valence-corrected chi connectivity index (χ1v) is 5.53. The van der Waals surface area contributed by atoms with Crippen molar-refractivity contribution in [2.24, 2.45) is 5.73 Å². The molecule has 0 bridgehead atoms. The fourth-order valence-electron chi connectivity index (χ4n) is 0.875. The van der Waals surface area contributed by atoms with E-state index in [0.717, 1.165) is 12.5 Å². The van der Waals surface area contributed by atoms with E-state index in [0.29, 0.717) is 6.54 Å². The maximum atomic E-state index is 5.36. The Balaban J connectivity index is 0. The fourth-order valence-corrected chi connectivity index (χ4v) is 2.62. The normalized spacial score (nSPS) is 11.0. The first kappa shape index (κ1) is 15.8. The molecule has 0 unspecified atom stereocenters. The van der Waals surface area contributed by atoms with Crippen molar-refractivity contribution in [3.63, 3.8) is 0 Å². The van der Waals surface area contributed by atoms with Gasteiger partial charge in [-0.1, -0.05) is 0 Å². The van der Waals surface area contributed by atoms with Gasteiger partial charge in [-0.15, -0.1) is 0 Å². The molecule has 0 aromatic carbocycles. The average Bonchev–Trinajstić information content (AvgIpc) is 2.08. The van der Waals surface area contributed by atoms with Crippen LogP contribution in [0.15, 0.2) is 0 Å². The zero-order valence-electron chi connectivity index (χ0n) is 7.78. The van der Waals surface area contributed by atoms with E-state index >= 15 is 0 Å². The summed E-state index contributed by atoms with van der Waals surface area (Å²) in [4.78, 5) is 0. The van der Waals surface area contributed by atoms with Crippen LogP contribution in [0.1, 0.15) is 6.42 Å². The van der Waals surface area contributed by atoms with Crippen molar-refractivity contribution < 1.29 is 53.2 Å². The maximum absolute atomic E-state index is 5.36. The second-order valence-corrected chi connectivity index (χ2v) is 5.28. The summed E-state index contributed by atoms with van der Waals surface area (Å²) in [7, 11) is 2.50. The SMILES string of the molecule is CO[Si](CCCN)(OC)OC.[Gd]. The standard InChI is InChI=1S/C6H17NO3Si.Gd/c1-8-11(9-2,10-3)6-4-5-7;/h4-7H2,1-3H3;. The zero-order valence-corrected chi connectivity index (χ0v) is 11.0. The third-order valence-corrected chi connectivity index (χ3v) is 4.45. The molecule has 0 saturated heterocycles. The minimum Gasteiger partial charge on any atom is -0.377 e. The molecular weight excluding hydrogens is 319 g/mol. The molecule has 12 heavy (non-hydrogen) atoms. The van der Waals surface area contributed by atoms with Gasteiger partial charge in [0.1, 0.15) is 0 Å². The molecule has 0 saturated carbocycles. The molecule has 0 aromatic heterocycles. The maximum Gasteiger partial charge on any atom is 0.500 e. The van der Waals surface area contributed by atoms with Gasteiger partial charge in [0, 0.05) is 67.3 Å². The van der Waals surface area contributed by atoms with Crippen LogP contribution in [0.4, 0.5) is 0 Å². The third-order valence-electron chi connectivity index (χ3n) is 1.62. The summed E-state index contributed by atoms with van der Waals surface area (Å²) >= 11 is 0. The second kappa shape index (κ2) is 8.96.